The Morgan fingerprint density at radius 1 is 0.905 bits per heavy atom. The molecule has 2 fully saturated rings. The standard InChI is InChI=1S/C16H22N2O3/c19-16(18-8-12-21-13-9-18)15(14-4-2-1-3-5-14)17-6-10-20-11-7-17/h1-5,15H,6-13H2/t15-/m1/s1. The van der Waals surface area contributed by atoms with E-state index in [9.17, 15) is 4.79 Å². The Bertz CT molecular complexity index is 454. The average molecular weight is 290 g/mol. The van der Waals surface area contributed by atoms with Crippen molar-refractivity contribution in [1.29, 1.82) is 0 Å². The first kappa shape index (κ1) is 14.5. The Morgan fingerprint density at radius 2 is 1.48 bits per heavy atom. The Kier molecular flexibility index (Phi) is 4.85. The molecule has 0 unspecified atom stereocenters. The van der Waals surface area contributed by atoms with Gasteiger partial charge in [-0.25, -0.2) is 0 Å². The third-order valence-electron chi connectivity index (χ3n) is 4.08. The van der Waals surface area contributed by atoms with Crippen LogP contribution in [0.2, 0.25) is 0 Å². The molecule has 0 aromatic heterocycles. The molecule has 3 rings (SSSR count). The van der Waals surface area contributed by atoms with E-state index in [4.69, 9.17) is 9.47 Å². The first-order chi connectivity index (χ1) is 10.4. The lowest BCUT2D eigenvalue weighted by atomic mass is 10.0. The van der Waals surface area contributed by atoms with Gasteiger partial charge in [0, 0.05) is 26.2 Å². The first-order valence-corrected chi connectivity index (χ1v) is 7.59. The van der Waals surface area contributed by atoms with Crippen LogP contribution in [0.4, 0.5) is 0 Å². The van der Waals surface area contributed by atoms with Gasteiger partial charge in [-0.15, -0.1) is 0 Å². The molecule has 0 bridgehead atoms. The van der Waals surface area contributed by atoms with E-state index in [0.29, 0.717) is 39.5 Å². The van der Waals surface area contributed by atoms with Crippen LogP contribution in [-0.2, 0) is 14.3 Å². The molecule has 0 saturated carbocycles. The summed E-state index contributed by atoms with van der Waals surface area (Å²) in [6.45, 7) is 5.64. The van der Waals surface area contributed by atoms with E-state index in [-0.39, 0.29) is 11.9 Å². The zero-order valence-corrected chi connectivity index (χ0v) is 12.2. The highest BCUT2D eigenvalue weighted by Gasteiger charge is 2.32. The largest absolute Gasteiger partial charge is 0.379 e. The quantitative estimate of drug-likeness (QED) is 0.830. The van der Waals surface area contributed by atoms with E-state index in [1.54, 1.807) is 0 Å². The van der Waals surface area contributed by atoms with Crippen LogP contribution in [-0.4, -0.2) is 68.3 Å². The van der Waals surface area contributed by atoms with Crippen LogP contribution >= 0.6 is 0 Å². The van der Waals surface area contributed by atoms with Gasteiger partial charge in [-0.05, 0) is 5.56 Å². The highest BCUT2D eigenvalue weighted by atomic mass is 16.5. The third-order valence-corrected chi connectivity index (χ3v) is 4.08. The molecule has 2 saturated heterocycles. The van der Waals surface area contributed by atoms with Crippen LogP contribution in [0.1, 0.15) is 11.6 Å². The van der Waals surface area contributed by atoms with Gasteiger partial charge in [0.25, 0.3) is 0 Å². The molecule has 2 heterocycles. The summed E-state index contributed by atoms with van der Waals surface area (Å²) >= 11 is 0. The van der Waals surface area contributed by atoms with Gasteiger partial charge in [-0.2, -0.15) is 0 Å². The predicted molar refractivity (Wildman–Crippen MR) is 79.0 cm³/mol. The molecule has 21 heavy (non-hydrogen) atoms. The molecule has 0 N–H and O–H groups in total. The van der Waals surface area contributed by atoms with Crippen LogP contribution in [0, 0.1) is 0 Å². The van der Waals surface area contributed by atoms with Crippen LogP contribution in [0.3, 0.4) is 0 Å². The number of rotatable bonds is 3. The molecular formula is C16H22N2O3. The van der Waals surface area contributed by atoms with Gasteiger partial charge in [0.1, 0.15) is 6.04 Å². The summed E-state index contributed by atoms with van der Waals surface area (Å²) in [4.78, 5) is 17.1. The van der Waals surface area contributed by atoms with Gasteiger partial charge in [0.15, 0.2) is 0 Å². The zero-order valence-electron chi connectivity index (χ0n) is 12.2. The molecule has 114 valence electrons. The van der Waals surface area contributed by atoms with Crippen molar-refractivity contribution in [1.82, 2.24) is 9.80 Å². The number of hydrogen-bond acceptors (Lipinski definition) is 4. The van der Waals surface area contributed by atoms with Gasteiger partial charge in [0.2, 0.25) is 5.91 Å². The van der Waals surface area contributed by atoms with Gasteiger partial charge in [-0.3, -0.25) is 9.69 Å². The van der Waals surface area contributed by atoms with Crippen LogP contribution in [0.15, 0.2) is 30.3 Å². The lowest BCUT2D eigenvalue weighted by molar-refractivity contribution is -0.143. The summed E-state index contributed by atoms with van der Waals surface area (Å²) < 4.78 is 10.8. The second-order valence-corrected chi connectivity index (χ2v) is 5.40. The summed E-state index contributed by atoms with van der Waals surface area (Å²) in [5, 5.41) is 0. The molecule has 0 radical (unpaired) electrons. The second kappa shape index (κ2) is 7.02. The first-order valence-electron chi connectivity index (χ1n) is 7.59. The molecular weight excluding hydrogens is 268 g/mol. The molecule has 0 aliphatic carbocycles. The molecule has 1 amide bonds. The topological polar surface area (TPSA) is 42.0 Å². The van der Waals surface area contributed by atoms with Crippen LogP contribution in [0.5, 0.6) is 0 Å². The summed E-state index contributed by atoms with van der Waals surface area (Å²) in [5.41, 5.74) is 1.07. The van der Waals surface area contributed by atoms with Crippen molar-refractivity contribution < 1.29 is 14.3 Å². The summed E-state index contributed by atoms with van der Waals surface area (Å²) in [5.74, 6) is 0.186. The smallest absolute Gasteiger partial charge is 0.244 e. The van der Waals surface area contributed by atoms with Crippen molar-refractivity contribution in [3.63, 3.8) is 0 Å². The van der Waals surface area contributed by atoms with E-state index in [0.717, 1.165) is 18.7 Å². The van der Waals surface area contributed by atoms with Crippen LogP contribution < -0.4 is 0 Å². The minimum atomic E-state index is -0.201. The molecule has 1 aromatic carbocycles. The van der Waals surface area contributed by atoms with Gasteiger partial charge in [-0.1, -0.05) is 30.3 Å². The zero-order chi connectivity index (χ0) is 14.5. The number of ether oxygens (including phenoxy) is 2. The highest BCUT2D eigenvalue weighted by Crippen LogP contribution is 2.24. The number of amides is 1. The highest BCUT2D eigenvalue weighted by molar-refractivity contribution is 5.83. The molecule has 5 heteroatoms. The fraction of sp³-hybridized carbons (Fsp3) is 0.562. The van der Waals surface area contributed by atoms with E-state index < -0.39 is 0 Å². The van der Waals surface area contributed by atoms with E-state index in [2.05, 4.69) is 4.90 Å². The van der Waals surface area contributed by atoms with Gasteiger partial charge < -0.3 is 14.4 Å². The number of carbonyl (C=O) groups is 1. The lowest BCUT2D eigenvalue weighted by Gasteiger charge is -2.37. The average Bonchev–Trinajstić information content (AvgIpc) is 2.58. The predicted octanol–water partition coefficient (Wildman–Crippen LogP) is 0.919. The maximum Gasteiger partial charge on any atom is 0.244 e. The molecule has 2 aliphatic heterocycles. The van der Waals surface area contributed by atoms with E-state index >= 15 is 0 Å². The number of nitrogens with zero attached hydrogens (tertiary/aromatic N) is 2. The van der Waals surface area contributed by atoms with E-state index in [1.165, 1.54) is 0 Å². The molecule has 1 atom stereocenters. The number of carbonyl (C=O) groups excluding carboxylic acids is 1. The Balaban J connectivity index is 1.82. The molecule has 2 aliphatic rings. The number of benzene rings is 1. The number of hydrogen-bond donors (Lipinski definition) is 0. The molecule has 0 spiro atoms. The van der Waals surface area contributed by atoms with Crippen molar-refractivity contribution in [3.05, 3.63) is 35.9 Å². The van der Waals surface area contributed by atoms with Crippen molar-refractivity contribution in [3.8, 4) is 0 Å². The van der Waals surface area contributed by atoms with Crippen LogP contribution in [0.25, 0.3) is 0 Å². The minimum Gasteiger partial charge on any atom is -0.379 e. The Morgan fingerprint density at radius 3 is 2.10 bits per heavy atom. The Hall–Kier alpha value is -1.43. The summed E-state index contributed by atoms with van der Waals surface area (Å²) in [6.07, 6.45) is 0. The van der Waals surface area contributed by atoms with Crippen molar-refractivity contribution in [2.24, 2.45) is 0 Å². The number of morpholine rings is 2. The maximum absolute atomic E-state index is 13.0. The monoisotopic (exact) mass is 290 g/mol. The lowest BCUT2D eigenvalue weighted by Crippen LogP contribution is -2.50. The summed E-state index contributed by atoms with van der Waals surface area (Å²) in [7, 11) is 0. The van der Waals surface area contributed by atoms with Gasteiger partial charge >= 0.3 is 0 Å². The minimum absolute atomic E-state index is 0.186. The maximum atomic E-state index is 13.0. The third kappa shape index (κ3) is 3.43. The summed E-state index contributed by atoms with van der Waals surface area (Å²) in [6, 6.07) is 9.86. The molecule has 1 aromatic rings. The normalized spacial score (nSPS) is 22.0. The van der Waals surface area contributed by atoms with Gasteiger partial charge in [0.05, 0.1) is 26.4 Å². The second-order valence-electron chi connectivity index (χ2n) is 5.40. The van der Waals surface area contributed by atoms with E-state index in [1.807, 2.05) is 35.2 Å². The fourth-order valence-corrected chi connectivity index (χ4v) is 2.94. The Labute approximate surface area is 125 Å². The van der Waals surface area contributed by atoms with Crippen molar-refractivity contribution >= 4 is 5.91 Å². The SMILES string of the molecule is O=C([C@@H](c1ccccc1)N1CCOCC1)N1CCOCC1. The van der Waals surface area contributed by atoms with Crippen molar-refractivity contribution in [2.75, 3.05) is 52.6 Å². The van der Waals surface area contributed by atoms with Crippen molar-refractivity contribution in [2.45, 2.75) is 6.04 Å². The fourth-order valence-electron chi connectivity index (χ4n) is 2.94. The molecule has 5 nitrogen and oxygen atoms in total.